The maximum Gasteiger partial charge on any atom is 0.169 e. The van der Waals surface area contributed by atoms with E-state index >= 15 is 0 Å². The number of carbonyl (C=O) groups excluding carboxylic acids is 1. The third-order valence-electron chi connectivity index (χ3n) is 4.28. The summed E-state index contributed by atoms with van der Waals surface area (Å²) in [6, 6.07) is 9.38. The molecule has 0 saturated heterocycles. The van der Waals surface area contributed by atoms with Gasteiger partial charge in [0.1, 0.15) is 5.60 Å². The average Bonchev–Trinajstić information content (AvgIpc) is 2.44. The van der Waals surface area contributed by atoms with E-state index in [0.717, 1.165) is 24.8 Å². The molecule has 0 heterocycles. The Morgan fingerprint density at radius 1 is 1.25 bits per heavy atom. The summed E-state index contributed by atoms with van der Waals surface area (Å²) < 4.78 is 0. The SMILES string of the molecule is C/C1=C\CC[C@H](C)CC(=O)[C@@](O)(c2ccccc2)CC1. The first-order valence-corrected chi connectivity index (χ1v) is 7.49. The zero-order valence-electron chi connectivity index (χ0n) is 12.4. The predicted molar refractivity (Wildman–Crippen MR) is 81.4 cm³/mol. The second kappa shape index (κ2) is 6.36. The minimum absolute atomic E-state index is 0.0362. The zero-order valence-corrected chi connectivity index (χ0v) is 12.4. The Hall–Kier alpha value is -1.41. The lowest BCUT2D eigenvalue weighted by molar-refractivity contribution is -0.140. The summed E-state index contributed by atoms with van der Waals surface area (Å²) >= 11 is 0. The minimum atomic E-state index is -1.33. The molecule has 1 aromatic carbocycles. The first-order chi connectivity index (χ1) is 9.52. The van der Waals surface area contributed by atoms with Gasteiger partial charge in [-0.25, -0.2) is 0 Å². The van der Waals surface area contributed by atoms with Crippen molar-refractivity contribution in [1.82, 2.24) is 0 Å². The van der Waals surface area contributed by atoms with E-state index in [1.165, 1.54) is 5.57 Å². The van der Waals surface area contributed by atoms with E-state index in [4.69, 9.17) is 0 Å². The lowest BCUT2D eigenvalue weighted by Crippen LogP contribution is -2.37. The highest BCUT2D eigenvalue weighted by Gasteiger charge is 2.37. The van der Waals surface area contributed by atoms with E-state index in [9.17, 15) is 9.90 Å². The smallest absolute Gasteiger partial charge is 0.169 e. The van der Waals surface area contributed by atoms with Crippen LogP contribution in [0, 0.1) is 5.92 Å². The van der Waals surface area contributed by atoms with Gasteiger partial charge in [0.15, 0.2) is 5.78 Å². The Labute approximate surface area is 121 Å². The second-order valence-electron chi connectivity index (χ2n) is 6.09. The van der Waals surface area contributed by atoms with Crippen molar-refractivity contribution < 1.29 is 9.90 Å². The highest BCUT2D eigenvalue weighted by molar-refractivity contribution is 5.88. The third-order valence-corrected chi connectivity index (χ3v) is 4.28. The quantitative estimate of drug-likeness (QED) is 0.785. The molecule has 0 aromatic heterocycles. The molecule has 2 rings (SSSR count). The van der Waals surface area contributed by atoms with Crippen molar-refractivity contribution in [1.29, 1.82) is 0 Å². The topological polar surface area (TPSA) is 37.3 Å². The Bertz CT molecular complexity index is 489. The van der Waals surface area contributed by atoms with E-state index in [1.54, 1.807) is 0 Å². The van der Waals surface area contributed by atoms with Crippen molar-refractivity contribution in [2.45, 2.75) is 51.6 Å². The van der Waals surface area contributed by atoms with Crippen LogP contribution in [0.2, 0.25) is 0 Å². The number of carbonyl (C=O) groups is 1. The number of allylic oxidation sites excluding steroid dienone is 2. The molecule has 108 valence electrons. The summed E-state index contributed by atoms with van der Waals surface area (Å²) in [7, 11) is 0. The van der Waals surface area contributed by atoms with E-state index < -0.39 is 5.60 Å². The van der Waals surface area contributed by atoms with Crippen molar-refractivity contribution in [2.75, 3.05) is 0 Å². The highest BCUT2D eigenvalue weighted by atomic mass is 16.3. The van der Waals surface area contributed by atoms with Gasteiger partial charge in [-0.3, -0.25) is 4.79 Å². The molecule has 0 amide bonds. The molecule has 0 aliphatic heterocycles. The van der Waals surface area contributed by atoms with Gasteiger partial charge in [0, 0.05) is 6.42 Å². The molecule has 1 N–H and O–H groups in total. The van der Waals surface area contributed by atoms with Crippen LogP contribution in [-0.4, -0.2) is 10.9 Å². The predicted octanol–water partition coefficient (Wildman–Crippen LogP) is 3.99. The van der Waals surface area contributed by atoms with Crippen LogP contribution in [-0.2, 0) is 10.4 Å². The van der Waals surface area contributed by atoms with Gasteiger partial charge in [-0.2, -0.15) is 0 Å². The largest absolute Gasteiger partial charge is 0.377 e. The lowest BCUT2D eigenvalue weighted by Gasteiger charge is -2.29. The van der Waals surface area contributed by atoms with Crippen LogP contribution in [0.1, 0.15) is 51.5 Å². The fourth-order valence-electron chi connectivity index (χ4n) is 2.84. The molecular weight excluding hydrogens is 248 g/mol. The molecule has 2 atom stereocenters. The molecule has 0 radical (unpaired) electrons. The Morgan fingerprint density at radius 3 is 2.65 bits per heavy atom. The minimum Gasteiger partial charge on any atom is -0.377 e. The van der Waals surface area contributed by atoms with Crippen molar-refractivity contribution in [3.05, 3.63) is 47.5 Å². The molecule has 0 fully saturated rings. The summed E-state index contributed by atoms with van der Waals surface area (Å²) in [5, 5.41) is 11.0. The van der Waals surface area contributed by atoms with E-state index in [-0.39, 0.29) is 5.78 Å². The molecule has 1 aromatic rings. The van der Waals surface area contributed by atoms with Gasteiger partial charge in [0.05, 0.1) is 0 Å². The molecule has 1 aliphatic rings. The Balaban J connectivity index is 2.34. The van der Waals surface area contributed by atoms with Crippen molar-refractivity contribution in [2.24, 2.45) is 5.92 Å². The standard InChI is InChI=1S/C18H24O2/c1-14-7-6-8-15(2)13-17(19)18(20,12-11-14)16-9-4-3-5-10-16/h3-5,7,9-10,15,20H,6,8,11-13H2,1-2H3/b14-7+/t15-,18-/m0/s1. The monoisotopic (exact) mass is 272 g/mol. The molecule has 0 saturated carbocycles. The van der Waals surface area contributed by atoms with Crippen molar-refractivity contribution >= 4 is 5.78 Å². The van der Waals surface area contributed by atoms with Crippen LogP contribution >= 0.6 is 0 Å². The fraction of sp³-hybridized carbons (Fsp3) is 0.500. The van der Waals surface area contributed by atoms with E-state index in [1.807, 2.05) is 30.3 Å². The number of hydrogen-bond donors (Lipinski definition) is 1. The van der Waals surface area contributed by atoms with Gasteiger partial charge in [-0.05, 0) is 44.1 Å². The second-order valence-corrected chi connectivity index (χ2v) is 6.09. The Kier molecular flexibility index (Phi) is 4.77. The van der Waals surface area contributed by atoms with Gasteiger partial charge in [0.2, 0.25) is 0 Å². The molecule has 2 heteroatoms. The first-order valence-electron chi connectivity index (χ1n) is 7.49. The molecule has 2 nitrogen and oxygen atoms in total. The van der Waals surface area contributed by atoms with Gasteiger partial charge >= 0.3 is 0 Å². The first kappa shape index (κ1) is 15.0. The molecule has 1 aliphatic carbocycles. The van der Waals surface area contributed by atoms with Gasteiger partial charge in [-0.15, -0.1) is 0 Å². The van der Waals surface area contributed by atoms with E-state index in [2.05, 4.69) is 19.9 Å². The highest BCUT2D eigenvalue weighted by Crippen LogP contribution is 2.33. The van der Waals surface area contributed by atoms with Crippen LogP contribution < -0.4 is 0 Å². The number of benzene rings is 1. The van der Waals surface area contributed by atoms with Crippen molar-refractivity contribution in [3.8, 4) is 0 Å². The maximum atomic E-state index is 12.6. The summed E-state index contributed by atoms with van der Waals surface area (Å²) in [5.74, 6) is 0.283. The maximum absolute atomic E-state index is 12.6. The van der Waals surface area contributed by atoms with Gasteiger partial charge < -0.3 is 5.11 Å². The summed E-state index contributed by atoms with van der Waals surface area (Å²) in [5.41, 5.74) is 0.661. The summed E-state index contributed by atoms with van der Waals surface area (Å²) in [4.78, 5) is 12.6. The summed E-state index contributed by atoms with van der Waals surface area (Å²) in [6.45, 7) is 4.18. The van der Waals surface area contributed by atoms with Crippen molar-refractivity contribution in [3.63, 3.8) is 0 Å². The van der Waals surface area contributed by atoms with E-state index in [0.29, 0.717) is 18.8 Å². The number of ketones is 1. The fourth-order valence-corrected chi connectivity index (χ4v) is 2.84. The molecule has 20 heavy (non-hydrogen) atoms. The Morgan fingerprint density at radius 2 is 1.95 bits per heavy atom. The zero-order chi connectivity index (χ0) is 14.6. The van der Waals surface area contributed by atoms with Crippen LogP contribution in [0.4, 0.5) is 0 Å². The molecular formula is C18H24O2. The normalized spacial score (nSPS) is 31.4. The molecule has 0 bridgehead atoms. The van der Waals surface area contributed by atoms with Crippen LogP contribution in [0.5, 0.6) is 0 Å². The number of aliphatic hydroxyl groups is 1. The van der Waals surface area contributed by atoms with Crippen LogP contribution in [0.3, 0.4) is 0 Å². The number of hydrogen-bond acceptors (Lipinski definition) is 2. The molecule has 0 spiro atoms. The van der Waals surface area contributed by atoms with Gasteiger partial charge in [0.25, 0.3) is 0 Å². The number of Topliss-reactive ketones (excluding diaryl/α,β-unsaturated/α-hetero) is 1. The van der Waals surface area contributed by atoms with Gasteiger partial charge in [-0.1, -0.05) is 48.9 Å². The average molecular weight is 272 g/mol. The number of rotatable bonds is 1. The third kappa shape index (κ3) is 3.37. The van der Waals surface area contributed by atoms with Crippen LogP contribution in [0.15, 0.2) is 42.0 Å². The lowest BCUT2D eigenvalue weighted by atomic mass is 9.79. The molecule has 0 unspecified atom stereocenters. The summed E-state index contributed by atoms with van der Waals surface area (Å²) in [6.07, 6.45) is 5.99. The van der Waals surface area contributed by atoms with Crippen LogP contribution in [0.25, 0.3) is 0 Å².